The largest absolute Gasteiger partial charge is 0.399 e. The van der Waals surface area contributed by atoms with Crippen LogP contribution in [0.2, 0.25) is 0 Å². The highest BCUT2D eigenvalue weighted by atomic mass is 32.3. The molecule has 6 rings (SSSR count). The fourth-order valence-electron chi connectivity index (χ4n) is 4.70. The summed E-state index contributed by atoms with van der Waals surface area (Å²) in [5.74, 6) is -0.727. The highest BCUT2D eigenvalue weighted by Gasteiger charge is 2.37. The zero-order valence-electron chi connectivity index (χ0n) is 20.4. The third-order valence-corrected chi connectivity index (χ3v) is 6.28. The van der Waals surface area contributed by atoms with Gasteiger partial charge in [-0.15, -0.1) is 0 Å². The van der Waals surface area contributed by atoms with E-state index in [4.69, 9.17) is 28.2 Å². The van der Waals surface area contributed by atoms with Crippen LogP contribution in [-0.2, 0) is 21.6 Å². The molecule has 11 nitrogen and oxygen atoms in total. The van der Waals surface area contributed by atoms with E-state index in [-0.39, 0.29) is 11.6 Å². The number of pyridine rings is 1. The number of anilines is 2. The van der Waals surface area contributed by atoms with Crippen molar-refractivity contribution in [2.75, 3.05) is 17.2 Å². The van der Waals surface area contributed by atoms with Crippen molar-refractivity contribution >= 4 is 50.1 Å². The summed E-state index contributed by atoms with van der Waals surface area (Å²) in [4.78, 5) is 37.5. The molecule has 12 heteroatoms. The maximum Gasteiger partial charge on any atom is 0.394 e. The first-order valence-electron chi connectivity index (χ1n) is 11.8. The van der Waals surface area contributed by atoms with Gasteiger partial charge in [-0.2, -0.15) is 8.42 Å². The molecule has 3 heterocycles. The van der Waals surface area contributed by atoms with Gasteiger partial charge < -0.3 is 16.0 Å². The Morgan fingerprint density at radius 3 is 2.38 bits per heavy atom. The van der Waals surface area contributed by atoms with Gasteiger partial charge in [0.25, 0.3) is 11.8 Å². The van der Waals surface area contributed by atoms with Crippen LogP contribution in [0.5, 0.6) is 0 Å². The number of carbonyl (C=O) groups is 2. The highest BCUT2D eigenvalue weighted by Crippen LogP contribution is 2.38. The quantitative estimate of drug-likeness (QED) is 0.224. The van der Waals surface area contributed by atoms with Crippen molar-refractivity contribution in [3.05, 3.63) is 101 Å². The van der Waals surface area contributed by atoms with Gasteiger partial charge in [0.15, 0.2) is 0 Å². The van der Waals surface area contributed by atoms with Crippen molar-refractivity contribution in [1.29, 1.82) is 0 Å². The second kappa shape index (κ2) is 10.3. The molecule has 0 aliphatic carbocycles. The summed E-state index contributed by atoms with van der Waals surface area (Å²) in [5.41, 5.74) is 11.2. The lowest BCUT2D eigenvalue weighted by atomic mass is 9.97. The molecule has 0 spiro atoms. The number of benzene rings is 3. The zero-order chi connectivity index (χ0) is 27.7. The summed E-state index contributed by atoms with van der Waals surface area (Å²) >= 11 is 0. The van der Waals surface area contributed by atoms with Gasteiger partial charge >= 0.3 is 10.4 Å². The molecule has 198 valence electrons. The molecule has 0 bridgehead atoms. The molecule has 0 saturated carbocycles. The Hall–Kier alpha value is -4.65. The Morgan fingerprint density at radius 1 is 1.00 bits per heavy atom. The lowest BCUT2D eigenvalue weighted by molar-refractivity contribution is -0.120. The van der Waals surface area contributed by atoms with Gasteiger partial charge in [-0.3, -0.25) is 23.7 Å². The number of hydrogen-bond acceptors (Lipinski definition) is 7. The number of aromatic nitrogens is 1. The molecule has 0 unspecified atom stereocenters. The predicted octanol–water partition coefficient (Wildman–Crippen LogP) is 2.66. The molecule has 39 heavy (non-hydrogen) atoms. The van der Waals surface area contributed by atoms with E-state index >= 15 is 0 Å². The van der Waals surface area contributed by atoms with Crippen molar-refractivity contribution in [2.24, 2.45) is 4.99 Å². The van der Waals surface area contributed by atoms with Crippen LogP contribution in [0.15, 0.2) is 84.0 Å². The molecule has 0 saturated heterocycles. The Kier molecular flexibility index (Phi) is 6.83. The minimum Gasteiger partial charge on any atom is -0.399 e. The van der Waals surface area contributed by atoms with E-state index in [0.717, 1.165) is 33.2 Å². The molecule has 0 radical (unpaired) electrons. The molecule has 2 aliphatic heterocycles. The summed E-state index contributed by atoms with van der Waals surface area (Å²) in [5, 5.41) is 4.65. The van der Waals surface area contributed by atoms with Gasteiger partial charge in [0, 0.05) is 34.9 Å². The van der Waals surface area contributed by atoms with E-state index in [9.17, 15) is 9.59 Å². The topological polar surface area (TPSA) is 175 Å². The van der Waals surface area contributed by atoms with Crippen LogP contribution >= 0.6 is 0 Å². The Bertz CT molecular complexity index is 1730. The molecule has 2 aliphatic rings. The molecular weight excluding hydrogens is 522 g/mol. The van der Waals surface area contributed by atoms with Gasteiger partial charge in [-0.05, 0) is 35.6 Å². The molecular formula is C27H23N5O6S. The number of hydrogen-bond donors (Lipinski definition) is 4. The second-order valence-electron chi connectivity index (χ2n) is 8.90. The summed E-state index contributed by atoms with van der Waals surface area (Å²) in [6, 6.07) is 22.8. The number of nitrogens with zero attached hydrogens (tertiary/aromatic N) is 3. The maximum atomic E-state index is 13.6. The van der Waals surface area contributed by atoms with Crippen LogP contribution in [0.3, 0.4) is 0 Å². The van der Waals surface area contributed by atoms with E-state index in [1.807, 2.05) is 66.7 Å². The fraction of sp³-hybridized carbons (Fsp3) is 0.111. The number of nitrogens with one attached hydrogen (secondary N) is 1. The van der Waals surface area contributed by atoms with Crippen LogP contribution in [0.4, 0.5) is 11.4 Å². The van der Waals surface area contributed by atoms with E-state index in [0.29, 0.717) is 24.4 Å². The van der Waals surface area contributed by atoms with Gasteiger partial charge in [-0.25, -0.2) is 4.99 Å². The molecule has 2 amide bonds. The van der Waals surface area contributed by atoms with Gasteiger partial charge in [0.05, 0.1) is 11.4 Å². The molecule has 5 N–H and O–H groups in total. The standard InChI is InChI=1S/C27H21N5O2.H2O4S/c28-20-12-18-10-11-32-24(18)21(14-20)23(16-6-2-1-3-7-16)30-25(27(32)34)31-26(33)22-13-17-8-4-5-9-19(17)15-29-22;1-5(2,3)4/h1-9,12-15,25H,10-11,28H2,(H,31,33);(H2,1,2,3,4)/t25-;/m0./s1. The smallest absolute Gasteiger partial charge is 0.394 e. The first kappa shape index (κ1) is 26.0. The van der Waals surface area contributed by atoms with Crippen LogP contribution < -0.4 is 16.0 Å². The first-order chi connectivity index (χ1) is 18.6. The molecule has 1 aromatic heterocycles. The van der Waals surface area contributed by atoms with Crippen LogP contribution in [0.1, 0.15) is 27.2 Å². The summed E-state index contributed by atoms with van der Waals surface area (Å²) in [6.07, 6.45) is 1.27. The van der Waals surface area contributed by atoms with Gasteiger partial charge in [0.1, 0.15) is 5.69 Å². The minimum atomic E-state index is -4.67. The third kappa shape index (κ3) is 5.62. The number of amides is 2. The zero-order valence-corrected chi connectivity index (χ0v) is 21.2. The Morgan fingerprint density at radius 2 is 1.67 bits per heavy atom. The Balaban J connectivity index is 0.000000567. The van der Waals surface area contributed by atoms with Crippen molar-refractivity contribution in [2.45, 2.75) is 12.6 Å². The van der Waals surface area contributed by atoms with E-state index in [1.54, 1.807) is 17.2 Å². The van der Waals surface area contributed by atoms with Crippen LogP contribution in [0, 0.1) is 0 Å². The van der Waals surface area contributed by atoms with Crippen molar-refractivity contribution in [1.82, 2.24) is 10.3 Å². The van der Waals surface area contributed by atoms with E-state index in [1.165, 1.54) is 0 Å². The summed E-state index contributed by atoms with van der Waals surface area (Å²) < 4.78 is 31.6. The van der Waals surface area contributed by atoms with Crippen molar-refractivity contribution in [3.63, 3.8) is 0 Å². The number of fused-ring (bicyclic) bond motifs is 1. The fourth-order valence-corrected chi connectivity index (χ4v) is 4.70. The average Bonchev–Trinajstić information content (AvgIpc) is 3.28. The van der Waals surface area contributed by atoms with Gasteiger partial charge in [-0.1, -0.05) is 54.6 Å². The lowest BCUT2D eigenvalue weighted by Crippen LogP contribution is -2.47. The van der Waals surface area contributed by atoms with E-state index < -0.39 is 22.5 Å². The Labute approximate surface area is 223 Å². The monoisotopic (exact) mass is 545 g/mol. The molecule has 1 atom stereocenters. The SMILES string of the molecule is Nc1cc2c3c(c1)C(c1ccccc1)=N[C@@H](NC(=O)c1cc4ccccc4cn1)C(=O)N3CC2.O=S(=O)(O)O. The molecule has 0 fully saturated rings. The summed E-state index contributed by atoms with van der Waals surface area (Å²) in [6.45, 7) is 0.517. The average molecular weight is 546 g/mol. The van der Waals surface area contributed by atoms with Crippen molar-refractivity contribution in [3.8, 4) is 0 Å². The predicted molar refractivity (Wildman–Crippen MR) is 146 cm³/mol. The van der Waals surface area contributed by atoms with Crippen LogP contribution in [0.25, 0.3) is 10.8 Å². The number of nitrogens with two attached hydrogens (primary N) is 1. The lowest BCUT2D eigenvalue weighted by Gasteiger charge is -2.21. The molecule has 3 aromatic carbocycles. The maximum absolute atomic E-state index is 13.6. The second-order valence-corrected chi connectivity index (χ2v) is 9.80. The van der Waals surface area contributed by atoms with Crippen molar-refractivity contribution < 1.29 is 27.1 Å². The normalized spacial score (nSPS) is 16.1. The highest BCUT2D eigenvalue weighted by molar-refractivity contribution is 7.79. The number of carbonyl (C=O) groups excluding carboxylic acids is 2. The number of nitrogen functional groups attached to an aromatic ring is 1. The third-order valence-electron chi connectivity index (χ3n) is 6.28. The first-order valence-corrected chi connectivity index (χ1v) is 13.2. The van der Waals surface area contributed by atoms with Gasteiger partial charge in [0.2, 0.25) is 6.17 Å². The minimum absolute atomic E-state index is 0.232. The molecule has 4 aromatic rings. The van der Waals surface area contributed by atoms with Crippen LogP contribution in [-0.4, -0.2) is 52.7 Å². The van der Waals surface area contributed by atoms with E-state index in [2.05, 4.69) is 10.3 Å². The number of aliphatic imine (C=N–C) groups is 1. The summed E-state index contributed by atoms with van der Waals surface area (Å²) in [7, 11) is -4.67. The number of rotatable bonds is 3.